The van der Waals surface area contributed by atoms with Crippen LogP contribution in [0, 0.1) is 6.92 Å². The molecule has 132 valence electrons. The van der Waals surface area contributed by atoms with Crippen molar-refractivity contribution < 1.29 is 14.0 Å². The van der Waals surface area contributed by atoms with Crippen molar-refractivity contribution in [2.45, 2.75) is 13.8 Å². The molecule has 0 spiro atoms. The maximum absolute atomic E-state index is 12.0. The molecule has 2 heterocycles. The van der Waals surface area contributed by atoms with Gasteiger partial charge in [0.25, 0.3) is 11.8 Å². The molecule has 2 aromatic heterocycles. The topological polar surface area (TPSA) is 83.7 Å². The number of amides is 2. The molecule has 1 aromatic carbocycles. The van der Waals surface area contributed by atoms with Gasteiger partial charge in [0, 0.05) is 5.69 Å². The third-order valence-electron chi connectivity index (χ3n) is 3.73. The molecule has 2 amide bonds. The average Bonchev–Trinajstić information content (AvgIpc) is 3.31. The van der Waals surface area contributed by atoms with E-state index < -0.39 is 0 Å². The van der Waals surface area contributed by atoms with E-state index in [-0.39, 0.29) is 11.8 Å². The zero-order valence-corrected chi connectivity index (χ0v) is 15.1. The second kappa shape index (κ2) is 7.79. The van der Waals surface area contributed by atoms with Gasteiger partial charge in [0.05, 0.1) is 22.4 Å². The Hall–Kier alpha value is -3.19. The maximum Gasteiger partial charge on any atom is 0.274 e. The van der Waals surface area contributed by atoms with Gasteiger partial charge in [-0.15, -0.1) is 11.3 Å². The first-order chi connectivity index (χ1) is 12.5. The number of thiophene rings is 1. The Balaban J connectivity index is 1.63. The summed E-state index contributed by atoms with van der Waals surface area (Å²) in [5.74, 6) is 0.0810. The van der Waals surface area contributed by atoms with Gasteiger partial charge in [0.2, 0.25) is 0 Å². The minimum absolute atomic E-state index is 0.138. The van der Waals surface area contributed by atoms with Crippen LogP contribution in [0.4, 0.5) is 5.69 Å². The third kappa shape index (κ3) is 4.07. The molecule has 3 aromatic rings. The van der Waals surface area contributed by atoms with Crippen LogP contribution in [-0.4, -0.2) is 17.5 Å². The number of hydrogen-bond donors (Lipinski definition) is 2. The highest BCUT2D eigenvalue weighted by Gasteiger charge is 2.11. The number of nitrogens with zero attached hydrogens (tertiary/aromatic N) is 1. The molecule has 3 rings (SSSR count). The summed E-state index contributed by atoms with van der Waals surface area (Å²) < 4.78 is 5.11. The first-order valence-electron chi connectivity index (χ1n) is 7.88. The molecule has 0 atom stereocenters. The summed E-state index contributed by atoms with van der Waals surface area (Å²) in [5.41, 5.74) is 5.14. The van der Waals surface area contributed by atoms with E-state index in [2.05, 4.69) is 15.8 Å². The van der Waals surface area contributed by atoms with E-state index in [0.717, 1.165) is 5.56 Å². The van der Waals surface area contributed by atoms with Crippen LogP contribution >= 0.6 is 11.3 Å². The highest BCUT2D eigenvalue weighted by Crippen LogP contribution is 2.15. The Bertz CT molecular complexity index is 941. The maximum atomic E-state index is 12.0. The van der Waals surface area contributed by atoms with Crippen LogP contribution in [0.15, 0.2) is 63.6 Å². The summed E-state index contributed by atoms with van der Waals surface area (Å²) in [5, 5.41) is 8.81. The van der Waals surface area contributed by atoms with Gasteiger partial charge in [-0.3, -0.25) is 9.59 Å². The SMILES string of the molecule is C/C(=N/NC(=O)c1ccoc1C)c1ccc(NC(=O)c2cccs2)cc1. The standard InChI is InChI=1S/C19H17N3O3S/c1-12(21-22-18(23)16-9-10-25-13(16)2)14-5-7-15(8-6-14)20-19(24)17-4-3-11-26-17/h3-11H,1-2H3,(H,20,24)(H,22,23)/b21-12-. The number of hydrazone groups is 1. The summed E-state index contributed by atoms with van der Waals surface area (Å²) in [7, 11) is 0. The number of carbonyl (C=O) groups excluding carboxylic acids is 2. The lowest BCUT2D eigenvalue weighted by molar-refractivity contribution is 0.0952. The molecule has 0 unspecified atom stereocenters. The van der Waals surface area contributed by atoms with Crippen LogP contribution in [0.2, 0.25) is 0 Å². The molecule has 0 bridgehead atoms. The van der Waals surface area contributed by atoms with E-state index in [0.29, 0.717) is 27.6 Å². The van der Waals surface area contributed by atoms with Crippen LogP contribution < -0.4 is 10.7 Å². The van der Waals surface area contributed by atoms with E-state index in [1.807, 2.05) is 23.6 Å². The Labute approximate surface area is 154 Å². The monoisotopic (exact) mass is 367 g/mol. The number of nitrogens with one attached hydrogen (secondary N) is 2. The smallest absolute Gasteiger partial charge is 0.274 e. The normalized spacial score (nSPS) is 11.2. The highest BCUT2D eigenvalue weighted by molar-refractivity contribution is 7.12. The fourth-order valence-corrected chi connectivity index (χ4v) is 2.89. The van der Waals surface area contributed by atoms with Gasteiger partial charge < -0.3 is 9.73 Å². The molecule has 7 heteroatoms. The molecule has 2 N–H and O–H groups in total. The van der Waals surface area contributed by atoms with Crippen LogP contribution in [0.3, 0.4) is 0 Å². The van der Waals surface area contributed by atoms with Crippen molar-refractivity contribution in [2.75, 3.05) is 5.32 Å². The van der Waals surface area contributed by atoms with E-state index in [1.54, 1.807) is 38.1 Å². The zero-order chi connectivity index (χ0) is 18.5. The van der Waals surface area contributed by atoms with Gasteiger partial charge >= 0.3 is 0 Å². The number of benzene rings is 1. The molecule has 0 fully saturated rings. The van der Waals surface area contributed by atoms with Crippen LogP contribution in [-0.2, 0) is 0 Å². The van der Waals surface area contributed by atoms with Gasteiger partial charge in [-0.25, -0.2) is 5.43 Å². The minimum Gasteiger partial charge on any atom is -0.469 e. The molecule has 0 aliphatic heterocycles. The minimum atomic E-state index is -0.324. The summed E-state index contributed by atoms with van der Waals surface area (Å²) in [6.45, 7) is 3.51. The fourth-order valence-electron chi connectivity index (χ4n) is 2.28. The Morgan fingerprint density at radius 3 is 2.46 bits per heavy atom. The first-order valence-corrected chi connectivity index (χ1v) is 8.76. The quantitative estimate of drug-likeness (QED) is 0.527. The predicted molar refractivity (Wildman–Crippen MR) is 102 cm³/mol. The van der Waals surface area contributed by atoms with Gasteiger partial charge in [-0.2, -0.15) is 5.10 Å². The average molecular weight is 367 g/mol. The molecule has 0 aliphatic carbocycles. The third-order valence-corrected chi connectivity index (χ3v) is 4.60. The number of hydrogen-bond acceptors (Lipinski definition) is 5. The highest BCUT2D eigenvalue weighted by atomic mass is 32.1. The van der Waals surface area contributed by atoms with Gasteiger partial charge in [-0.1, -0.05) is 18.2 Å². The largest absolute Gasteiger partial charge is 0.469 e. The second-order valence-corrected chi connectivity index (χ2v) is 6.49. The molecular weight excluding hydrogens is 350 g/mol. The van der Waals surface area contributed by atoms with Crippen molar-refractivity contribution in [3.05, 3.63) is 75.9 Å². The zero-order valence-electron chi connectivity index (χ0n) is 14.3. The Morgan fingerprint density at radius 2 is 1.85 bits per heavy atom. The van der Waals surface area contributed by atoms with Gasteiger partial charge in [-0.05, 0) is 49.1 Å². The molecule has 0 saturated carbocycles. The molecule has 0 saturated heterocycles. The Morgan fingerprint density at radius 1 is 1.08 bits per heavy atom. The van der Waals surface area contributed by atoms with E-state index in [4.69, 9.17) is 4.42 Å². The first kappa shape index (κ1) is 17.6. The fraction of sp³-hybridized carbons (Fsp3) is 0.105. The number of anilines is 1. The molecular formula is C19H17N3O3S. The van der Waals surface area contributed by atoms with Crippen molar-refractivity contribution >= 4 is 34.6 Å². The summed E-state index contributed by atoms with van der Waals surface area (Å²) in [4.78, 5) is 24.7. The second-order valence-electron chi connectivity index (χ2n) is 5.54. The number of carbonyl (C=O) groups is 2. The summed E-state index contributed by atoms with van der Waals surface area (Å²) >= 11 is 1.39. The predicted octanol–water partition coefficient (Wildman–Crippen LogP) is 4.06. The van der Waals surface area contributed by atoms with Crippen LogP contribution in [0.5, 0.6) is 0 Å². The van der Waals surface area contributed by atoms with Gasteiger partial charge in [0.1, 0.15) is 5.76 Å². The number of aryl methyl sites for hydroxylation is 1. The van der Waals surface area contributed by atoms with Crippen molar-refractivity contribution in [2.24, 2.45) is 5.10 Å². The number of rotatable bonds is 5. The van der Waals surface area contributed by atoms with Crippen molar-refractivity contribution in [3.63, 3.8) is 0 Å². The van der Waals surface area contributed by atoms with Crippen molar-refractivity contribution in [3.8, 4) is 0 Å². The van der Waals surface area contributed by atoms with Crippen molar-refractivity contribution in [1.82, 2.24) is 5.43 Å². The number of furan rings is 1. The Kier molecular flexibility index (Phi) is 5.28. The van der Waals surface area contributed by atoms with Crippen LogP contribution in [0.1, 0.15) is 38.3 Å². The molecule has 0 aliphatic rings. The molecule has 6 nitrogen and oxygen atoms in total. The molecule has 26 heavy (non-hydrogen) atoms. The molecule has 0 radical (unpaired) electrons. The van der Waals surface area contributed by atoms with E-state index in [1.165, 1.54) is 17.6 Å². The van der Waals surface area contributed by atoms with E-state index in [9.17, 15) is 9.59 Å². The van der Waals surface area contributed by atoms with E-state index >= 15 is 0 Å². The summed E-state index contributed by atoms with van der Waals surface area (Å²) in [6, 6.07) is 12.5. The lowest BCUT2D eigenvalue weighted by Crippen LogP contribution is -2.19. The summed E-state index contributed by atoms with van der Waals surface area (Å²) in [6.07, 6.45) is 1.46. The lowest BCUT2D eigenvalue weighted by Gasteiger charge is -2.06. The lowest BCUT2D eigenvalue weighted by atomic mass is 10.1. The van der Waals surface area contributed by atoms with Crippen molar-refractivity contribution in [1.29, 1.82) is 0 Å². The van der Waals surface area contributed by atoms with Gasteiger partial charge in [0.15, 0.2) is 0 Å². The van der Waals surface area contributed by atoms with Crippen LogP contribution in [0.25, 0.3) is 0 Å².